The molecule has 0 saturated heterocycles. The van der Waals surface area contributed by atoms with E-state index in [0.29, 0.717) is 22.3 Å². The fraction of sp³-hybridized carbons (Fsp3) is 0.333. The number of nitrogens with one attached hydrogen (secondary N) is 1. The van der Waals surface area contributed by atoms with Crippen LogP contribution in [-0.2, 0) is 16.1 Å². The molecule has 5 nitrogen and oxygen atoms in total. The predicted molar refractivity (Wildman–Crippen MR) is 112 cm³/mol. The van der Waals surface area contributed by atoms with Gasteiger partial charge in [0.15, 0.2) is 6.61 Å². The van der Waals surface area contributed by atoms with Crippen LogP contribution in [-0.4, -0.2) is 35.9 Å². The topological polar surface area (TPSA) is 58.6 Å². The van der Waals surface area contributed by atoms with Crippen LogP contribution in [0.25, 0.3) is 0 Å². The minimum atomic E-state index is -0.663. The number of halogens is 2. The number of hydrogen-bond donors (Lipinski definition) is 1. The predicted octanol–water partition coefficient (Wildman–Crippen LogP) is 4.32. The second-order valence-corrected chi connectivity index (χ2v) is 7.17. The van der Waals surface area contributed by atoms with E-state index < -0.39 is 6.04 Å². The monoisotopic (exact) mass is 422 g/mol. The van der Waals surface area contributed by atoms with Gasteiger partial charge in [0, 0.05) is 23.1 Å². The van der Waals surface area contributed by atoms with Gasteiger partial charge in [-0.3, -0.25) is 9.59 Å². The first kappa shape index (κ1) is 22.1. The maximum atomic E-state index is 12.9. The van der Waals surface area contributed by atoms with Gasteiger partial charge in [-0.25, -0.2) is 0 Å². The van der Waals surface area contributed by atoms with Gasteiger partial charge in [0.2, 0.25) is 5.91 Å². The first-order valence-electron chi connectivity index (χ1n) is 9.11. The summed E-state index contributed by atoms with van der Waals surface area (Å²) in [6, 6.07) is 13.3. The summed E-state index contributed by atoms with van der Waals surface area (Å²) in [5.74, 6) is 0.00120. The van der Waals surface area contributed by atoms with Crippen molar-refractivity contribution in [3.8, 4) is 5.75 Å². The van der Waals surface area contributed by atoms with Crippen LogP contribution in [0.2, 0.25) is 10.0 Å². The lowest BCUT2D eigenvalue weighted by molar-refractivity contribution is -0.142. The van der Waals surface area contributed by atoms with Crippen LogP contribution < -0.4 is 10.1 Å². The number of carbonyl (C=O) groups excluding carboxylic acids is 2. The zero-order chi connectivity index (χ0) is 20.5. The molecule has 150 valence electrons. The quantitative estimate of drug-likeness (QED) is 0.654. The maximum absolute atomic E-state index is 12.9. The molecule has 0 aliphatic rings. The second kappa shape index (κ2) is 10.9. The van der Waals surface area contributed by atoms with Crippen LogP contribution in [0.3, 0.4) is 0 Å². The molecule has 1 N–H and O–H groups in total. The molecule has 2 aromatic rings. The van der Waals surface area contributed by atoms with Crippen molar-refractivity contribution in [2.45, 2.75) is 32.9 Å². The number of ether oxygens (including phenoxy) is 1. The minimum absolute atomic E-state index is 0.197. The van der Waals surface area contributed by atoms with Gasteiger partial charge in [0.25, 0.3) is 5.91 Å². The van der Waals surface area contributed by atoms with Crippen molar-refractivity contribution in [2.75, 3.05) is 13.2 Å². The SMILES string of the molecule is CCCNC(=O)[C@H](C)N(Cc1ccccc1Cl)C(=O)COc1ccc(Cl)cc1. The normalized spacial score (nSPS) is 11.6. The van der Waals surface area contributed by atoms with Gasteiger partial charge >= 0.3 is 0 Å². The molecule has 1 atom stereocenters. The van der Waals surface area contributed by atoms with Crippen LogP contribution in [0.15, 0.2) is 48.5 Å². The molecular formula is C21H24Cl2N2O3. The highest BCUT2D eigenvalue weighted by molar-refractivity contribution is 6.31. The fourth-order valence-electron chi connectivity index (χ4n) is 2.55. The summed E-state index contributed by atoms with van der Waals surface area (Å²) >= 11 is 12.1. The molecule has 0 fully saturated rings. The average molecular weight is 423 g/mol. The van der Waals surface area contributed by atoms with Gasteiger partial charge in [-0.05, 0) is 49.2 Å². The molecular weight excluding hydrogens is 399 g/mol. The van der Waals surface area contributed by atoms with Crippen molar-refractivity contribution < 1.29 is 14.3 Å². The van der Waals surface area contributed by atoms with Gasteiger partial charge in [-0.1, -0.05) is 48.3 Å². The molecule has 0 saturated carbocycles. The Balaban J connectivity index is 2.13. The smallest absolute Gasteiger partial charge is 0.261 e. The highest BCUT2D eigenvalue weighted by Crippen LogP contribution is 2.20. The largest absolute Gasteiger partial charge is 0.484 e. The Hall–Kier alpha value is -2.24. The van der Waals surface area contributed by atoms with E-state index >= 15 is 0 Å². The molecule has 0 heterocycles. The Morgan fingerprint density at radius 2 is 1.79 bits per heavy atom. The van der Waals surface area contributed by atoms with Crippen molar-refractivity contribution >= 4 is 35.0 Å². The zero-order valence-electron chi connectivity index (χ0n) is 16.0. The third-order valence-electron chi connectivity index (χ3n) is 4.19. The average Bonchev–Trinajstić information content (AvgIpc) is 2.70. The number of hydrogen-bond acceptors (Lipinski definition) is 3. The van der Waals surface area contributed by atoms with Crippen molar-refractivity contribution in [1.29, 1.82) is 0 Å². The molecule has 0 spiro atoms. The Bertz CT molecular complexity index is 796. The number of rotatable bonds is 9. The van der Waals surface area contributed by atoms with E-state index in [2.05, 4.69) is 5.32 Å². The van der Waals surface area contributed by atoms with Crippen LogP contribution >= 0.6 is 23.2 Å². The molecule has 0 unspecified atom stereocenters. The summed E-state index contributed by atoms with van der Waals surface area (Å²) in [7, 11) is 0. The van der Waals surface area contributed by atoms with Crippen molar-refractivity contribution in [1.82, 2.24) is 10.2 Å². The lowest BCUT2D eigenvalue weighted by Crippen LogP contribution is -2.49. The van der Waals surface area contributed by atoms with Gasteiger partial charge in [0.05, 0.1) is 0 Å². The first-order chi connectivity index (χ1) is 13.4. The standard InChI is InChI=1S/C21H24Cl2N2O3/c1-3-12-24-21(27)15(2)25(13-16-6-4-5-7-19(16)23)20(26)14-28-18-10-8-17(22)9-11-18/h4-11,15H,3,12-14H2,1-2H3,(H,24,27)/t15-/m0/s1. The number of amides is 2. The highest BCUT2D eigenvalue weighted by Gasteiger charge is 2.26. The highest BCUT2D eigenvalue weighted by atomic mass is 35.5. The summed E-state index contributed by atoms with van der Waals surface area (Å²) in [6.07, 6.45) is 0.816. The summed E-state index contributed by atoms with van der Waals surface area (Å²) in [4.78, 5) is 26.8. The van der Waals surface area contributed by atoms with Crippen LogP contribution in [0.4, 0.5) is 0 Å². The summed E-state index contributed by atoms with van der Waals surface area (Å²) in [5, 5.41) is 3.95. The van der Waals surface area contributed by atoms with E-state index in [4.69, 9.17) is 27.9 Å². The van der Waals surface area contributed by atoms with E-state index in [9.17, 15) is 9.59 Å². The van der Waals surface area contributed by atoms with E-state index in [0.717, 1.165) is 12.0 Å². The number of nitrogens with zero attached hydrogens (tertiary/aromatic N) is 1. The Morgan fingerprint density at radius 1 is 1.11 bits per heavy atom. The summed E-state index contributed by atoms with van der Waals surface area (Å²) < 4.78 is 5.57. The van der Waals surface area contributed by atoms with Crippen molar-refractivity contribution in [3.63, 3.8) is 0 Å². The van der Waals surface area contributed by atoms with E-state index in [1.807, 2.05) is 25.1 Å². The lowest BCUT2D eigenvalue weighted by Gasteiger charge is -2.29. The molecule has 0 bridgehead atoms. The van der Waals surface area contributed by atoms with E-state index in [1.165, 1.54) is 4.90 Å². The Labute approximate surface area is 175 Å². The Morgan fingerprint density at radius 3 is 2.43 bits per heavy atom. The molecule has 2 aromatic carbocycles. The van der Waals surface area contributed by atoms with Crippen LogP contribution in [0, 0.1) is 0 Å². The zero-order valence-corrected chi connectivity index (χ0v) is 17.5. The third kappa shape index (κ3) is 6.43. The lowest BCUT2D eigenvalue weighted by atomic mass is 10.1. The molecule has 0 aliphatic carbocycles. The number of benzene rings is 2. The van der Waals surface area contributed by atoms with Crippen LogP contribution in [0.1, 0.15) is 25.8 Å². The van der Waals surface area contributed by atoms with E-state index in [1.54, 1.807) is 37.3 Å². The maximum Gasteiger partial charge on any atom is 0.261 e. The van der Waals surface area contributed by atoms with Gasteiger partial charge in [-0.2, -0.15) is 0 Å². The Kier molecular flexibility index (Phi) is 8.61. The summed E-state index contributed by atoms with van der Waals surface area (Å²) in [6.45, 7) is 4.23. The van der Waals surface area contributed by atoms with Crippen molar-refractivity contribution in [2.24, 2.45) is 0 Å². The fourth-order valence-corrected chi connectivity index (χ4v) is 2.87. The minimum Gasteiger partial charge on any atom is -0.484 e. The molecule has 2 rings (SSSR count). The molecule has 0 aliphatic heterocycles. The van der Waals surface area contributed by atoms with Gasteiger partial charge in [0.1, 0.15) is 11.8 Å². The molecule has 28 heavy (non-hydrogen) atoms. The van der Waals surface area contributed by atoms with Crippen LogP contribution in [0.5, 0.6) is 5.75 Å². The summed E-state index contributed by atoms with van der Waals surface area (Å²) in [5.41, 5.74) is 0.763. The van der Waals surface area contributed by atoms with E-state index in [-0.39, 0.29) is 25.0 Å². The van der Waals surface area contributed by atoms with Gasteiger partial charge < -0.3 is 15.0 Å². The molecule has 0 radical (unpaired) electrons. The molecule has 7 heteroatoms. The second-order valence-electron chi connectivity index (χ2n) is 6.32. The van der Waals surface area contributed by atoms with Crippen molar-refractivity contribution in [3.05, 3.63) is 64.1 Å². The van der Waals surface area contributed by atoms with Gasteiger partial charge in [-0.15, -0.1) is 0 Å². The molecule has 0 aromatic heterocycles. The third-order valence-corrected chi connectivity index (χ3v) is 4.81. The number of carbonyl (C=O) groups is 2. The first-order valence-corrected chi connectivity index (χ1v) is 9.87. The molecule has 2 amide bonds.